The lowest BCUT2D eigenvalue weighted by atomic mass is 9.49. The summed E-state index contributed by atoms with van der Waals surface area (Å²) < 4.78 is 5.25. The van der Waals surface area contributed by atoms with Crippen molar-refractivity contribution in [1.82, 2.24) is 5.32 Å². The van der Waals surface area contributed by atoms with Crippen LogP contribution in [0.1, 0.15) is 51.9 Å². The minimum absolute atomic E-state index is 0.0747. The van der Waals surface area contributed by atoms with Crippen LogP contribution in [0.5, 0.6) is 0 Å². The molecular formula is C24H32N2O4. The second-order valence-electron chi connectivity index (χ2n) is 9.74. The molecule has 0 heterocycles. The molecule has 4 bridgehead atoms. The Hall–Kier alpha value is -2.37. The van der Waals surface area contributed by atoms with E-state index in [2.05, 4.69) is 5.32 Å². The van der Waals surface area contributed by atoms with Crippen LogP contribution in [-0.4, -0.2) is 37.5 Å². The van der Waals surface area contributed by atoms with Crippen molar-refractivity contribution in [2.75, 3.05) is 18.5 Å². The van der Waals surface area contributed by atoms with Gasteiger partial charge in [0.1, 0.15) is 6.54 Å². The maximum absolute atomic E-state index is 12.6. The third kappa shape index (κ3) is 4.52. The zero-order valence-corrected chi connectivity index (χ0v) is 17.9. The van der Waals surface area contributed by atoms with Crippen molar-refractivity contribution in [2.45, 2.75) is 58.0 Å². The van der Waals surface area contributed by atoms with E-state index in [4.69, 9.17) is 4.74 Å². The van der Waals surface area contributed by atoms with Gasteiger partial charge in [-0.05, 0) is 80.8 Å². The Morgan fingerprint density at radius 2 is 1.63 bits per heavy atom. The normalized spacial score (nSPS) is 29.9. The van der Waals surface area contributed by atoms with Crippen LogP contribution >= 0.6 is 0 Å². The molecule has 6 nitrogen and oxygen atoms in total. The lowest BCUT2D eigenvalue weighted by Gasteiger charge is -2.56. The quantitative estimate of drug-likeness (QED) is 0.697. The molecule has 30 heavy (non-hydrogen) atoms. The van der Waals surface area contributed by atoms with Crippen molar-refractivity contribution >= 4 is 23.5 Å². The molecule has 1 N–H and O–H groups in total. The topological polar surface area (TPSA) is 75.7 Å². The first-order valence-corrected chi connectivity index (χ1v) is 11.1. The van der Waals surface area contributed by atoms with Crippen LogP contribution in [0, 0.1) is 23.2 Å². The van der Waals surface area contributed by atoms with Crippen LogP contribution in [0.3, 0.4) is 0 Å². The summed E-state index contributed by atoms with van der Waals surface area (Å²) in [6.45, 7) is 1.36. The average Bonchev–Trinajstić information content (AvgIpc) is 2.70. The number of carbonyl (C=O) groups is 3. The van der Waals surface area contributed by atoms with Crippen molar-refractivity contribution in [3.63, 3.8) is 0 Å². The van der Waals surface area contributed by atoms with Gasteiger partial charge in [0.05, 0.1) is 0 Å². The van der Waals surface area contributed by atoms with Gasteiger partial charge in [0, 0.05) is 19.2 Å². The number of carbonyl (C=O) groups excluding carboxylic acids is 3. The van der Waals surface area contributed by atoms with Crippen LogP contribution in [0.15, 0.2) is 30.3 Å². The highest BCUT2D eigenvalue weighted by Crippen LogP contribution is 2.61. The molecule has 0 aromatic heterocycles. The van der Waals surface area contributed by atoms with E-state index in [-0.39, 0.29) is 23.8 Å². The number of ether oxygens (including phenoxy) is 1. The lowest BCUT2D eigenvalue weighted by molar-refractivity contribution is -0.153. The molecule has 4 fully saturated rings. The summed E-state index contributed by atoms with van der Waals surface area (Å²) in [5, 5.41) is 2.72. The summed E-state index contributed by atoms with van der Waals surface area (Å²) in [6.07, 6.45) is 7.11. The molecule has 0 radical (unpaired) electrons. The van der Waals surface area contributed by atoms with Gasteiger partial charge in [0.25, 0.3) is 5.91 Å². The van der Waals surface area contributed by atoms with Gasteiger partial charge in [-0.15, -0.1) is 0 Å². The second-order valence-corrected chi connectivity index (χ2v) is 9.74. The Labute approximate surface area is 178 Å². The number of anilines is 1. The Kier molecular flexibility index (Phi) is 5.85. The maximum Gasteiger partial charge on any atom is 0.326 e. The molecule has 6 heteroatoms. The van der Waals surface area contributed by atoms with E-state index in [1.807, 2.05) is 30.3 Å². The number of likely N-dealkylation sites (N-methyl/N-ethyl adjacent to an activating group) is 1. The Balaban J connectivity index is 1.23. The monoisotopic (exact) mass is 412 g/mol. The molecule has 4 saturated carbocycles. The standard InChI is InChI=1S/C24H32N2O4/c1-16(23(29)26(2)20-6-4-3-5-7-20)30-22(28)15-25-21(27)14-24-11-17-8-18(12-24)10-19(9-17)13-24/h3-7,16-19H,8-15H2,1-2H3,(H,25,27)/t16-,17?,18?,19?,24?/m0/s1. The third-order valence-electron chi connectivity index (χ3n) is 7.26. The van der Waals surface area contributed by atoms with Gasteiger partial charge >= 0.3 is 5.97 Å². The van der Waals surface area contributed by atoms with Crippen LogP contribution in [0.2, 0.25) is 0 Å². The smallest absolute Gasteiger partial charge is 0.326 e. The summed E-state index contributed by atoms with van der Waals surface area (Å²) in [5.41, 5.74) is 0.874. The first kappa shape index (κ1) is 20.9. The van der Waals surface area contributed by atoms with Crippen LogP contribution in [0.25, 0.3) is 0 Å². The fourth-order valence-electron chi connectivity index (χ4n) is 6.42. The van der Waals surface area contributed by atoms with Gasteiger partial charge in [-0.2, -0.15) is 0 Å². The summed E-state index contributed by atoms with van der Waals surface area (Å²) in [5.74, 6) is 1.41. The second kappa shape index (κ2) is 8.40. The van der Waals surface area contributed by atoms with Gasteiger partial charge in [0.2, 0.25) is 5.91 Å². The summed E-state index contributed by atoms with van der Waals surface area (Å²) in [6, 6.07) is 9.19. The number of rotatable bonds is 7. The van der Waals surface area contributed by atoms with Crippen molar-refractivity contribution in [1.29, 1.82) is 0 Å². The number of hydrogen-bond donors (Lipinski definition) is 1. The first-order valence-electron chi connectivity index (χ1n) is 11.1. The Morgan fingerprint density at radius 1 is 1.07 bits per heavy atom. The average molecular weight is 413 g/mol. The number of benzene rings is 1. The summed E-state index contributed by atoms with van der Waals surface area (Å²) >= 11 is 0. The highest BCUT2D eigenvalue weighted by Gasteiger charge is 2.51. The molecule has 5 rings (SSSR count). The molecule has 4 aliphatic rings. The van der Waals surface area contributed by atoms with E-state index in [1.54, 1.807) is 14.0 Å². The fourth-order valence-corrected chi connectivity index (χ4v) is 6.42. The van der Waals surface area contributed by atoms with E-state index < -0.39 is 12.1 Å². The fraction of sp³-hybridized carbons (Fsp3) is 0.625. The van der Waals surface area contributed by atoms with E-state index in [0.29, 0.717) is 6.42 Å². The zero-order valence-electron chi connectivity index (χ0n) is 17.9. The number of amides is 2. The third-order valence-corrected chi connectivity index (χ3v) is 7.26. The molecule has 0 aliphatic heterocycles. The highest BCUT2D eigenvalue weighted by molar-refractivity contribution is 5.97. The Morgan fingerprint density at radius 3 is 2.20 bits per heavy atom. The molecule has 4 aliphatic carbocycles. The molecular weight excluding hydrogens is 380 g/mol. The van der Waals surface area contributed by atoms with Crippen molar-refractivity contribution in [2.24, 2.45) is 23.2 Å². The largest absolute Gasteiger partial charge is 0.451 e. The predicted molar refractivity (Wildman–Crippen MR) is 114 cm³/mol. The number of nitrogens with one attached hydrogen (secondary N) is 1. The number of esters is 1. The predicted octanol–water partition coefficient (Wildman–Crippen LogP) is 3.30. The van der Waals surface area contributed by atoms with E-state index in [0.717, 1.165) is 42.7 Å². The maximum atomic E-state index is 12.6. The molecule has 1 aromatic carbocycles. The molecule has 0 spiro atoms. The Bertz CT molecular complexity index is 771. The summed E-state index contributed by atoms with van der Waals surface area (Å²) in [7, 11) is 1.65. The van der Waals surface area contributed by atoms with Gasteiger partial charge < -0.3 is 15.0 Å². The van der Waals surface area contributed by atoms with E-state index in [9.17, 15) is 14.4 Å². The lowest BCUT2D eigenvalue weighted by Crippen LogP contribution is -2.48. The molecule has 162 valence electrons. The van der Waals surface area contributed by atoms with Crippen LogP contribution in [-0.2, 0) is 19.1 Å². The van der Waals surface area contributed by atoms with Crippen molar-refractivity contribution < 1.29 is 19.1 Å². The van der Waals surface area contributed by atoms with Crippen LogP contribution in [0.4, 0.5) is 5.69 Å². The SMILES string of the molecule is C[C@H](OC(=O)CNC(=O)CC12CC3CC(CC(C3)C1)C2)C(=O)N(C)c1ccccc1. The molecule has 0 saturated heterocycles. The van der Waals surface area contributed by atoms with E-state index >= 15 is 0 Å². The first-order chi connectivity index (χ1) is 14.3. The molecule has 0 unspecified atom stereocenters. The van der Waals surface area contributed by atoms with Crippen molar-refractivity contribution in [3.05, 3.63) is 30.3 Å². The van der Waals surface area contributed by atoms with Gasteiger partial charge in [-0.1, -0.05) is 18.2 Å². The molecule has 1 atom stereocenters. The van der Waals surface area contributed by atoms with E-state index in [1.165, 1.54) is 24.2 Å². The van der Waals surface area contributed by atoms with Crippen molar-refractivity contribution in [3.8, 4) is 0 Å². The van der Waals surface area contributed by atoms with Gasteiger partial charge in [-0.25, -0.2) is 0 Å². The zero-order chi connectivity index (χ0) is 21.3. The number of nitrogens with zero attached hydrogens (tertiary/aromatic N) is 1. The highest BCUT2D eigenvalue weighted by atomic mass is 16.5. The van der Waals surface area contributed by atoms with Gasteiger partial charge in [-0.3, -0.25) is 14.4 Å². The number of hydrogen-bond acceptors (Lipinski definition) is 4. The van der Waals surface area contributed by atoms with Gasteiger partial charge in [0.15, 0.2) is 6.10 Å². The minimum atomic E-state index is -0.914. The minimum Gasteiger partial charge on any atom is -0.451 e. The van der Waals surface area contributed by atoms with Crippen LogP contribution < -0.4 is 10.2 Å². The summed E-state index contributed by atoms with van der Waals surface area (Å²) in [4.78, 5) is 38.7. The molecule has 1 aromatic rings. The molecule has 2 amide bonds. The number of para-hydroxylation sites is 1.